The first-order valence-electron chi connectivity index (χ1n) is 12.5. The topological polar surface area (TPSA) is 82.9 Å². The Hall–Kier alpha value is -3.68. The van der Waals surface area contributed by atoms with Crippen LogP contribution >= 0.6 is 11.6 Å². The Morgan fingerprint density at radius 3 is 2.62 bits per heavy atom. The highest BCUT2D eigenvalue weighted by Gasteiger charge is 2.21. The molecule has 1 aliphatic heterocycles. The van der Waals surface area contributed by atoms with Crippen molar-refractivity contribution in [2.45, 2.75) is 39.0 Å². The largest absolute Gasteiger partial charge is 0.393 e. The van der Waals surface area contributed by atoms with Crippen molar-refractivity contribution in [3.63, 3.8) is 0 Å². The number of rotatable bonds is 8. The minimum Gasteiger partial charge on any atom is -0.393 e. The Morgan fingerprint density at radius 1 is 1.03 bits per heavy atom. The fourth-order valence-corrected chi connectivity index (χ4v) is 4.60. The van der Waals surface area contributed by atoms with Gasteiger partial charge in [0.2, 0.25) is 0 Å². The van der Waals surface area contributed by atoms with Gasteiger partial charge in [-0.1, -0.05) is 65.3 Å². The first-order chi connectivity index (χ1) is 18.1. The minimum atomic E-state index is -0.253. The second-order valence-corrected chi connectivity index (χ2v) is 9.73. The number of oxime groups is 1. The summed E-state index contributed by atoms with van der Waals surface area (Å²) >= 11 is 6.32. The molecule has 1 aliphatic rings. The first-order valence-corrected chi connectivity index (χ1v) is 12.9. The maximum Gasteiger partial charge on any atom is 0.159 e. The summed E-state index contributed by atoms with van der Waals surface area (Å²) in [7, 11) is 0. The van der Waals surface area contributed by atoms with Crippen molar-refractivity contribution < 1.29 is 9.94 Å². The highest BCUT2D eigenvalue weighted by atomic mass is 35.5. The van der Waals surface area contributed by atoms with E-state index in [0.29, 0.717) is 19.0 Å². The van der Waals surface area contributed by atoms with Gasteiger partial charge >= 0.3 is 0 Å². The molecule has 0 bridgehead atoms. The molecule has 0 atom stereocenters. The van der Waals surface area contributed by atoms with Crippen molar-refractivity contribution in [1.82, 2.24) is 10.2 Å². The Labute approximate surface area is 221 Å². The third kappa shape index (κ3) is 6.18. The molecule has 0 saturated carbocycles. The van der Waals surface area contributed by atoms with Crippen LogP contribution in [-0.2, 0) is 18.0 Å². The fraction of sp³-hybridized carbons (Fsp3) is 0.276. The molecular weight excluding hydrogens is 486 g/mol. The Kier molecular flexibility index (Phi) is 7.82. The summed E-state index contributed by atoms with van der Waals surface area (Å²) in [5.74, 6) is 1.52. The SMILES string of the molecule is Cc1ccc(CNc2nnc(N3CCC(O)CC3)c3ccc(/C=N\OCc4ccccc4)cc23)cc1Cl. The molecule has 7 nitrogen and oxygen atoms in total. The number of hydrogen-bond donors (Lipinski definition) is 2. The highest BCUT2D eigenvalue weighted by molar-refractivity contribution is 6.31. The van der Waals surface area contributed by atoms with Crippen molar-refractivity contribution in [2.24, 2.45) is 5.16 Å². The number of aromatic nitrogens is 2. The number of aryl methyl sites for hydroxylation is 1. The molecule has 1 saturated heterocycles. The van der Waals surface area contributed by atoms with Crippen LogP contribution in [0.4, 0.5) is 11.6 Å². The smallest absolute Gasteiger partial charge is 0.159 e. The number of piperidine rings is 1. The standard InChI is InChI=1S/C29H30ClN5O2/c1-20-7-8-23(16-27(20)30)17-31-28-26-15-22(18-32-37-19-21-5-3-2-4-6-21)9-10-25(26)29(34-33-28)35-13-11-24(36)12-14-35/h2-10,15-16,18,24,36H,11-14,17,19H2,1H3,(H,31,33)/b32-18-. The summed E-state index contributed by atoms with van der Waals surface area (Å²) in [5, 5.41) is 29.4. The van der Waals surface area contributed by atoms with Crippen molar-refractivity contribution in [1.29, 1.82) is 0 Å². The maximum atomic E-state index is 9.95. The lowest BCUT2D eigenvalue weighted by atomic mass is 10.1. The van der Waals surface area contributed by atoms with E-state index in [4.69, 9.17) is 16.4 Å². The lowest BCUT2D eigenvalue weighted by Crippen LogP contribution is -2.36. The molecule has 0 spiro atoms. The minimum absolute atomic E-state index is 0.253. The van der Waals surface area contributed by atoms with E-state index in [1.807, 2.05) is 61.5 Å². The number of nitrogens with zero attached hydrogens (tertiary/aromatic N) is 4. The molecule has 190 valence electrons. The molecular formula is C29H30ClN5O2. The molecule has 2 N–H and O–H groups in total. The van der Waals surface area contributed by atoms with E-state index in [1.165, 1.54) is 0 Å². The van der Waals surface area contributed by atoms with Crippen molar-refractivity contribution >= 4 is 40.2 Å². The van der Waals surface area contributed by atoms with E-state index >= 15 is 0 Å². The van der Waals surface area contributed by atoms with Gasteiger partial charge in [-0.25, -0.2) is 0 Å². The molecule has 0 radical (unpaired) electrons. The van der Waals surface area contributed by atoms with Crippen LogP contribution in [0.1, 0.15) is 35.1 Å². The number of aliphatic hydroxyl groups excluding tert-OH is 1. The zero-order chi connectivity index (χ0) is 25.6. The zero-order valence-electron chi connectivity index (χ0n) is 20.8. The number of hydrogen-bond acceptors (Lipinski definition) is 7. The van der Waals surface area contributed by atoms with E-state index in [0.717, 1.165) is 69.8 Å². The van der Waals surface area contributed by atoms with E-state index < -0.39 is 0 Å². The summed E-state index contributed by atoms with van der Waals surface area (Å²) in [4.78, 5) is 7.70. The summed E-state index contributed by atoms with van der Waals surface area (Å²) in [6.45, 7) is 4.46. The number of aliphatic hydroxyl groups is 1. The van der Waals surface area contributed by atoms with Gasteiger partial charge in [0.15, 0.2) is 11.6 Å². The average molecular weight is 516 g/mol. The first kappa shape index (κ1) is 25.0. The van der Waals surface area contributed by atoms with Gasteiger partial charge in [-0.15, -0.1) is 10.2 Å². The van der Waals surface area contributed by atoms with E-state index in [-0.39, 0.29) is 6.10 Å². The molecule has 3 aromatic carbocycles. The van der Waals surface area contributed by atoms with Crippen molar-refractivity contribution in [2.75, 3.05) is 23.3 Å². The van der Waals surface area contributed by atoms with Crippen LogP contribution in [0.15, 0.2) is 71.9 Å². The summed E-state index contributed by atoms with van der Waals surface area (Å²) in [5.41, 5.74) is 4.07. The zero-order valence-corrected chi connectivity index (χ0v) is 21.5. The summed E-state index contributed by atoms with van der Waals surface area (Å²) in [6.07, 6.45) is 2.90. The average Bonchev–Trinajstić information content (AvgIpc) is 2.92. The summed E-state index contributed by atoms with van der Waals surface area (Å²) in [6, 6.07) is 22.1. The van der Waals surface area contributed by atoms with Crippen LogP contribution in [0.2, 0.25) is 5.02 Å². The lowest BCUT2D eigenvalue weighted by Gasteiger charge is -2.31. The van der Waals surface area contributed by atoms with Gasteiger partial charge in [0.25, 0.3) is 0 Å². The van der Waals surface area contributed by atoms with Gasteiger partial charge in [-0.2, -0.15) is 0 Å². The van der Waals surface area contributed by atoms with Gasteiger partial charge in [0.05, 0.1) is 12.3 Å². The molecule has 2 heterocycles. The van der Waals surface area contributed by atoms with E-state index in [1.54, 1.807) is 6.21 Å². The van der Waals surface area contributed by atoms with Crippen LogP contribution in [0.25, 0.3) is 10.8 Å². The van der Waals surface area contributed by atoms with E-state index in [2.05, 4.69) is 37.7 Å². The summed E-state index contributed by atoms with van der Waals surface area (Å²) < 4.78 is 0. The number of benzene rings is 3. The predicted molar refractivity (Wildman–Crippen MR) is 149 cm³/mol. The number of fused-ring (bicyclic) bond motifs is 1. The number of nitrogens with one attached hydrogen (secondary N) is 1. The van der Waals surface area contributed by atoms with Crippen molar-refractivity contribution in [3.05, 3.63) is 94.0 Å². The van der Waals surface area contributed by atoms with Crippen molar-refractivity contribution in [3.8, 4) is 0 Å². The van der Waals surface area contributed by atoms with Crippen LogP contribution in [0.3, 0.4) is 0 Å². The van der Waals surface area contributed by atoms with Gasteiger partial charge in [-0.05, 0) is 60.2 Å². The monoisotopic (exact) mass is 515 g/mol. The lowest BCUT2D eigenvalue weighted by molar-refractivity contribution is 0.132. The fourth-order valence-electron chi connectivity index (χ4n) is 4.40. The Balaban J connectivity index is 1.41. The molecule has 0 amide bonds. The quantitative estimate of drug-likeness (QED) is 0.231. The molecule has 1 fully saturated rings. The predicted octanol–water partition coefficient (Wildman–Crippen LogP) is 5.72. The maximum absolute atomic E-state index is 9.95. The molecule has 0 aliphatic carbocycles. The highest BCUT2D eigenvalue weighted by Crippen LogP contribution is 2.31. The molecule has 4 aromatic rings. The van der Waals surface area contributed by atoms with Gasteiger partial charge in [-0.3, -0.25) is 0 Å². The van der Waals surface area contributed by atoms with Gasteiger partial charge in [0.1, 0.15) is 6.61 Å². The molecule has 37 heavy (non-hydrogen) atoms. The van der Waals surface area contributed by atoms with Crippen LogP contribution in [0.5, 0.6) is 0 Å². The normalized spacial score (nSPS) is 14.4. The molecule has 0 unspecified atom stereocenters. The van der Waals surface area contributed by atoms with Crippen LogP contribution in [-0.4, -0.2) is 40.7 Å². The second kappa shape index (κ2) is 11.6. The number of anilines is 2. The van der Waals surface area contributed by atoms with Crippen LogP contribution in [0, 0.1) is 6.92 Å². The molecule has 5 rings (SSSR count). The van der Waals surface area contributed by atoms with Gasteiger partial charge in [0, 0.05) is 35.4 Å². The van der Waals surface area contributed by atoms with Gasteiger partial charge < -0.3 is 20.2 Å². The van der Waals surface area contributed by atoms with E-state index in [9.17, 15) is 5.11 Å². The van der Waals surface area contributed by atoms with Crippen LogP contribution < -0.4 is 10.2 Å². The Morgan fingerprint density at radius 2 is 1.84 bits per heavy atom. The molecule has 8 heteroatoms. The third-order valence-electron chi connectivity index (χ3n) is 6.59. The molecule has 1 aromatic heterocycles. The number of halogens is 1. The third-order valence-corrected chi connectivity index (χ3v) is 7.00. The Bertz CT molecular complexity index is 1390. The second-order valence-electron chi connectivity index (χ2n) is 9.33.